The first-order chi connectivity index (χ1) is 8.44. The SMILES string of the molecule is O=C(O)C1(Nc2cc(Br)ccc2[N+](=O)[O-])CCC1. The number of hydrogen-bond acceptors (Lipinski definition) is 4. The molecule has 7 heteroatoms. The molecule has 1 saturated carbocycles. The summed E-state index contributed by atoms with van der Waals surface area (Å²) in [7, 11) is 0. The number of rotatable bonds is 4. The number of carbonyl (C=O) groups is 1. The zero-order valence-electron chi connectivity index (χ0n) is 9.35. The zero-order chi connectivity index (χ0) is 13.3. The monoisotopic (exact) mass is 314 g/mol. The molecular weight excluding hydrogens is 304 g/mol. The van der Waals surface area contributed by atoms with Crippen molar-refractivity contribution in [2.75, 3.05) is 5.32 Å². The summed E-state index contributed by atoms with van der Waals surface area (Å²) in [6.07, 6.45) is 1.76. The summed E-state index contributed by atoms with van der Waals surface area (Å²) in [6.45, 7) is 0. The maximum absolute atomic E-state index is 11.2. The van der Waals surface area contributed by atoms with Gasteiger partial charge in [-0.2, -0.15) is 0 Å². The molecule has 0 saturated heterocycles. The van der Waals surface area contributed by atoms with E-state index in [1.807, 2.05) is 0 Å². The highest BCUT2D eigenvalue weighted by atomic mass is 79.9. The van der Waals surface area contributed by atoms with E-state index in [0.29, 0.717) is 17.3 Å². The fraction of sp³-hybridized carbons (Fsp3) is 0.364. The van der Waals surface area contributed by atoms with Crippen molar-refractivity contribution in [3.63, 3.8) is 0 Å². The number of nitrogens with one attached hydrogen (secondary N) is 1. The molecule has 18 heavy (non-hydrogen) atoms. The summed E-state index contributed by atoms with van der Waals surface area (Å²) < 4.78 is 0.662. The lowest BCUT2D eigenvalue weighted by Gasteiger charge is -2.38. The Morgan fingerprint density at radius 1 is 1.50 bits per heavy atom. The summed E-state index contributed by atoms with van der Waals surface area (Å²) in [5.41, 5.74) is -0.951. The zero-order valence-corrected chi connectivity index (χ0v) is 10.9. The van der Waals surface area contributed by atoms with Crippen LogP contribution in [0.25, 0.3) is 0 Å². The summed E-state index contributed by atoms with van der Waals surface area (Å²) in [5.74, 6) is -0.969. The Bertz CT molecular complexity index is 514. The van der Waals surface area contributed by atoms with Crippen LogP contribution in [0.4, 0.5) is 11.4 Å². The lowest BCUT2D eigenvalue weighted by atomic mass is 9.76. The first kappa shape index (κ1) is 12.8. The molecule has 1 aromatic carbocycles. The molecule has 0 heterocycles. The molecule has 96 valence electrons. The maximum atomic E-state index is 11.2. The molecule has 2 rings (SSSR count). The topological polar surface area (TPSA) is 92.5 Å². The van der Waals surface area contributed by atoms with Crippen molar-refractivity contribution in [2.24, 2.45) is 0 Å². The van der Waals surface area contributed by atoms with Crippen molar-refractivity contribution < 1.29 is 14.8 Å². The van der Waals surface area contributed by atoms with E-state index < -0.39 is 16.4 Å². The van der Waals surface area contributed by atoms with Crippen LogP contribution < -0.4 is 5.32 Å². The number of halogens is 1. The van der Waals surface area contributed by atoms with Crippen LogP contribution in [0.2, 0.25) is 0 Å². The Balaban J connectivity index is 2.36. The fourth-order valence-electron chi connectivity index (χ4n) is 1.95. The second kappa shape index (κ2) is 4.56. The third-order valence-corrected chi connectivity index (χ3v) is 3.64. The normalized spacial score (nSPS) is 16.7. The van der Waals surface area contributed by atoms with Crippen LogP contribution in [-0.2, 0) is 4.79 Å². The van der Waals surface area contributed by atoms with Gasteiger partial charge in [0, 0.05) is 10.5 Å². The molecule has 0 bridgehead atoms. The van der Waals surface area contributed by atoms with Gasteiger partial charge in [-0.15, -0.1) is 0 Å². The van der Waals surface area contributed by atoms with E-state index in [9.17, 15) is 20.0 Å². The molecular formula is C11H11BrN2O4. The summed E-state index contributed by atoms with van der Waals surface area (Å²) in [4.78, 5) is 21.6. The molecule has 6 nitrogen and oxygen atoms in total. The second-order valence-corrected chi connectivity index (χ2v) is 5.20. The third-order valence-electron chi connectivity index (χ3n) is 3.15. The van der Waals surface area contributed by atoms with Crippen LogP contribution >= 0.6 is 15.9 Å². The van der Waals surface area contributed by atoms with Gasteiger partial charge in [0.15, 0.2) is 0 Å². The molecule has 1 aliphatic carbocycles. The Hall–Kier alpha value is -1.63. The van der Waals surface area contributed by atoms with E-state index >= 15 is 0 Å². The number of hydrogen-bond donors (Lipinski definition) is 2. The van der Waals surface area contributed by atoms with Crippen molar-refractivity contribution >= 4 is 33.3 Å². The fourth-order valence-corrected chi connectivity index (χ4v) is 2.31. The predicted octanol–water partition coefficient (Wildman–Crippen LogP) is 2.78. The number of anilines is 1. The van der Waals surface area contributed by atoms with Crippen molar-refractivity contribution in [3.05, 3.63) is 32.8 Å². The van der Waals surface area contributed by atoms with Gasteiger partial charge >= 0.3 is 5.97 Å². The number of aliphatic carboxylic acids is 1. The number of nitrogens with zero attached hydrogens (tertiary/aromatic N) is 1. The lowest BCUT2D eigenvalue weighted by molar-refractivity contribution is -0.384. The molecule has 0 aliphatic heterocycles. The molecule has 1 fully saturated rings. The van der Waals surface area contributed by atoms with E-state index in [-0.39, 0.29) is 11.4 Å². The van der Waals surface area contributed by atoms with Crippen LogP contribution in [0, 0.1) is 10.1 Å². The first-order valence-corrected chi connectivity index (χ1v) is 6.19. The summed E-state index contributed by atoms with van der Waals surface area (Å²) >= 11 is 3.22. The van der Waals surface area contributed by atoms with E-state index in [1.165, 1.54) is 12.1 Å². The minimum Gasteiger partial charge on any atom is -0.480 e. The third kappa shape index (κ3) is 2.17. The standard InChI is InChI=1S/C11H11BrN2O4/c12-7-2-3-9(14(17)18)8(6-7)13-11(10(15)16)4-1-5-11/h2-3,6,13H,1,4-5H2,(H,15,16). The van der Waals surface area contributed by atoms with Gasteiger partial charge in [0.1, 0.15) is 11.2 Å². The molecule has 0 spiro atoms. The van der Waals surface area contributed by atoms with Crippen LogP contribution in [0.5, 0.6) is 0 Å². The highest BCUT2D eigenvalue weighted by Gasteiger charge is 2.45. The average molecular weight is 315 g/mol. The van der Waals surface area contributed by atoms with Gasteiger partial charge in [-0.1, -0.05) is 15.9 Å². The van der Waals surface area contributed by atoms with Crippen molar-refractivity contribution in [2.45, 2.75) is 24.8 Å². The number of carboxylic acid groups (broad SMARTS) is 1. The number of benzene rings is 1. The minimum absolute atomic E-state index is 0.120. The Morgan fingerprint density at radius 3 is 2.61 bits per heavy atom. The van der Waals surface area contributed by atoms with Gasteiger partial charge in [-0.05, 0) is 31.4 Å². The van der Waals surface area contributed by atoms with E-state index in [0.717, 1.165) is 6.42 Å². The molecule has 0 unspecified atom stereocenters. The quantitative estimate of drug-likeness (QED) is 0.658. The Morgan fingerprint density at radius 2 is 2.17 bits per heavy atom. The first-order valence-electron chi connectivity index (χ1n) is 5.40. The van der Waals surface area contributed by atoms with Gasteiger partial charge in [-0.25, -0.2) is 4.79 Å². The molecule has 0 amide bonds. The van der Waals surface area contributed by atoms with Gasteiger partial charge in [0.05, 0.1) is 4.92 Å². The molecule has 0 aromatic heterocycles. The van der Waals surface area contributed by atoms with Gasteiger partial charge in [0.25, 0.3) is 5.69 Å². The van der Waals surface area contributed by atoms with Gasteiger partial charge in [-0.3, -0.25) is 10.1 Å². The highest BCUT2D eigenvalue weighted by Crippen LogP contribution is 2.39. The van der Waals surface area contributed by atoms with E-state index in [4.69, 9.17) is 0 Å². The lowest BCUT2D eigenvalue weighted by Crippen LogP contribution is -2.52. The Labute approximate surface area is 111 Å². The average Bonchev–Trinajstić information content (AvgIpc) is 2.22. The van der Waals surface area contributed by atoms with Crippen LogP contribution in [-0.4, -0.2) is 21.5 Å². The highest BCUT2D eigenvalue weighted by molar-refractivity contribution is 9.10. The maximum Gasteiger partial charge on any atom is 0.329 e. The van der Waals surface area contributed by atoms with E-state index in [1.54, 1.807) is 6.07 Å². The van der Waals surface area contributed by atoms with E-state index in [2.05, 4.69) is 21.2 Å². The minimum atomic E-state index is -1.06. The second-order valence-electron chi connectivity index (χ2n) is 4.28. The number of nitro benzene ring substituents is 1. The molecule has 0 radical (unpaired) electrons. The molecule has 1 aromatic rings. The predicted molar refractivity (Wildman–Crippen MR) is 68.6 cm³/mol. The summed E-state index contributed by atoms with van der Waals surface area (Å²) in [5, 5.41) is 22.9. The van der Waals surface area contributed by atoms with Crippen molar-refractivity contribution in [1.29, 1.82) is 0 Å². The van der Waals surface area contributed by atoms with Crippen molar-refractivity contribution in [3.8, 4) is 0 Å². The van der Waals surface area contributed by atoms with Gasteiger partial charge < -0.3 is 10.4 Å². The molecule has 2 N–H and O–H groups in total. The van der Waals surface area contributed by atoms with Crippen molar-refractivity contribution in [1.82, 2.24) is 0 Å². The number of carboxylic acids is 1. The Kier molecular flexibility index (Phi) is 3.25. The van der Waals surface area contributed by atoms with Crippen LogP contribution in [0.3, 0.4) is 0 Å². The largest absolute Gasteiger partial charge is 0.480 e. The molecule has 0 atom stereocenters. The molecule has 1 aliphatic rings. The van der Waals surface area contributed by atoms with Crippen LogP contribution in [0.15, 0.2) is 22.7 Å². The summed E-state index contributed by atoms with van der Waals surface area (Å²) in [6, 6.07) is 4.43. The smallest absolute Gasteiger partial charge is 0.329 e. The van der Waals surface area contributed by atoms with Crippen LogP contribution in [0.1, 0.15) is 19.3 Å². The number of nitro groups is 1. The van der Waals surface area contributed by atoms with Gasteiger partial charge in [0.2, 0.25) is 0 Å².